The second-order valence-electron chi connectivity index (χ2n) is 5.05. The zero-order chi connectivity index (χ0) is 13.9. The van der Waals surface area contributed by atoms with E-state index in [0.717, 1.165) is 19.4 Å². The summed E-state index contributed by atoms with van der Waals surface area (Å²) in [6, 6.07) is 8.96. The van der Waals surface area contributed by atoms with Gasteiger partial charge in [-0.05, 0) is 24.0 Å². The summed E-state index contributed by atoms with van der Waals surface area (Å²) in [7, 11) is 0. The number of hydrogen-bond acceptors (Lipinski definition) is 3. The molecule has 1 aromatic heterocycles. The van der Waals surface area contributed by atoms with Crippen LogP contribution in [-0.4, -0.2) is 22.0 Å². The van der Waals surface area contributed by atoms with Crippen molar-refractivity contribution in [1.29, 1.82) is 0 Å². The van der Waals surface area contributed by atoms with Crippen LogP contribution in [-0.2, 0) is 13.0 Å². The van der Waals surface area contributed by atoms with Gasteiger partial charge < -0.3 is 15.6 Å². The first kappa shape index (κ1) is 12.9. The van der Waals surface area contributed by atoms with Crippen LogP contribution in [0.2, 0.25) is 0 Å². The highest BCUT2D eigenvalue weighted by Gasteiger charge is 2.21. The fraction of sp³-hybridized carbons (Fsp3) is 0.333. The third-order valence-corrected chi connectivity index (χ3v) is 3.81. The van der Waals surface area contributed by atoms with Gasteiger partial charge in [-0.15, -0.1) is 0 Å². The maximum atomic E-state index is 11.2. The molecule has 5 heteroatoms. The summed E-state index contributed by atoms with van der Waals surface area (Å²) in [4.78, 5) is 15.1. The molecule has 2 aromatic rings. The van der Waals surface area contributed by atoms with E-state index in [0.29, 0.717) is 18.4 Å². The van der Waals surface area contributed by atoms with E-state index in [2.05, 4.69) is 34.6 Å². The fourth-order valence-electron chi connectivity index (χ4n) is 2.84. The topological polar surface area (TPSA) is 72.9 Å². The van der Waals surface area contributed by atoms with Crippen molar-refractivity contribution < 1.29 is 4.79 Å². The van der Waals surface area contributed by atoms with Gasteiger partial charge in [0.1, 0.15) is 0 Å². The number of amides is 1. The van der Waals surface area contributed by atoms with E-state index in [1.807, 2.05) is 0 Å². The molecule has 0 saturated carbocycles. The number of carbonyl (C=O) groups is 1. The number of nitrogens with one attached hydrogen (secondary N) is 1. The van der Waals surface area contributed by atoms with Crippen molar-refractivity contribution in [2.75, 3.05) is 6.54 Å². The summed E-state index contributed by atoms with van der Waals surface area (Å²) in [6.45, 7) is 1.48. The first-order chi connectivity index (χ1) is 9.75. The van der Waals surface area contributed by atoms with Gasteiger partial charge in [0.15, 0.2) is 5.82 Å². The van der Waals surface area contributed by atoms with Crippen LogP contribution in [0.15, 0.2) is 36.7 Å². The van der Waals surface area contributed by atoms with Crippen LogP contribution in [0.5, 0.6) is 0 Å². The van der Waals surface area contributed by atoms with Crippen molar-refractivity contribution in [2.45, 2.75) is 25.4 Å². The van der Waals surface area contributed by atoms with Gasteiger partial charge in [0.05, 0.1) is 0 Å². The Labute approximate surface area is 117 Å². The quantitative estimate of drug-likeness (QED) is 0.859. The lowest BCUT2D eigenvalue weighted by atomic mass is 10.1. The molecule has 1 aliphatic rings. The molecule has 3 rings (SSSR count). The van der Waals surface area contributed by atoms with Crippen LogP contribution < -0.4 is 11.1 Å². The summed E-state index contributed by atoms with van der Waals surface area (Å²) in [6.07, 6.45) is 5.65. The molecule has 1 atom stereocenters. The molecule has 0 saturated heterocycles. The molecular formula is C15H18N4O. The predicted octanol–water partition coefficient (Wildman–Crippen LogP) is 1.26. The average Bonchev–Trinajstić information content (AvgIpc) is 3.06. The highest BCUT2D eigenvalue weighted by molar-refractivity contribution is 5.89. The van der Waals surface area contributed by atoms with Gasteiger partial charge in [0, 0.05) is 31.5 Å². The number of carbonyl (C=O) groups excluding carboxylic acids is 1. The number of aryl methyl sites for hydroxylation is 1. The van der Waals surface area contributed by atoms with E-state index in [9.17, 15) is 4.79 Å². The number of fused-ring (bicyclic) bond motifs is 1. The van der Waals surface area contributed by atoms with Crippen molar-refractivity contribution >= 4 is 5.91 Å². The summed E-state index contributed by atoms with van der Waals surface area (Å²) >= 11 is 0. The molecular weight excluding hydrogens is 252 g/mol. The average molecular weight is 270 g/mol. The Bertz CT molecular complexity index is 620. The van der Waals surface area contributed by atoms with E-state index < -0.39 is 5.91 Å². The SMILES string of the molecule is NC(=O)c1nccn1CCNC1CCc2ccccc21. The normalized spacial score (nSPS) is 17.1. The maximum Gasteiger partial charge on any atom is 0.284 e. The van der Waals surface area contributed by atoms with Crippen LogP contribution in [0.1, 0.15) is 34.2 Å². The Morgan fingerprint density at radius 2 is 2.30 bits per heavy atom. The van der Waals surface area contributed by atoms with Gasteiger partial charge >= 0.3 is 0 Å². The lowest BCUT2D eigenvalue weighted by molar-refractivity contribution is 0.0986. The van der Waals surface area contributed by atoms with Gasteiger partial charge in [0.2, 0.25) is 0 Å². The molecule has 1 heterocycles. The molecule has 5 nitrogen and oxygen atoms in total. The summed E-state index contributed by atoms with van der Waals surface area (Å²) in [5.74, 6) is -0.167. The predicted molar refractivity (Wildman–Crippen MR) is 76.3 cm³/mol. The first-order valence-corrected chi connectivity index (χ1v) is 6.88. The van der Waals surface area contributed by atoms with Crippen molar-refractivity contribution in [1.82, 2.24) is 14.9 Å². The minimum atomic E-state index is -0.485. The van der Waals surface area contributed by atoms with E-state index in [-0.39, 0.29) is 0 Å². The summed E-state index contributed by atoms with van der Waals surface area (Å²) in [5, 5.41) is 3.54. The number of rotatable bonds is 5. The standard InChI is InChI=1S/C15H18N4O/c16-14(20)15-18-8-10-19(15)9-7-17-13-6-5-11-3-1-2-4-12(11)13/h1-4,8,10,13,17H,5-7,9H2,(H2,16,20). The van der Waals surface area contributed by atoms with Crippen LogP contribution >= 0.6 is 0 Å². The zero-order valence-corrected chi connectivity index (χ0v) is 11.2. The van der Waals surface area contributed by atoms with Gasteiger partial charge in [-0.25, -0.2) is 4.98 Å². The van der Waals surface area contributed by atoms with E-state index in [4.69, 9.17) is 5.73 Å². The van der Waals surface area contributed by atoms with Crippen LogP contribution in [0.25, 0.3) is 0 Å². The number of nitrogens with two attached hydrogens (primary N) is 1. The molecule has 0 fully saturated rings. The van der Waals surface area contributed by atoms with Crippen LogP contribution in [0.3, 0.4) is 0 Å². The van der Waals surface area contributed by atoms with Crippen molar-refractivity contribution in [3.05, 3.63) is 53.6 Å². The van der Waals surface area contributed by atoms with Gasteiger partial charge in [0.25, 0.3) is 5.91 Å². The van der Waals surface area contributed by atoms with Crippen molar-refractivity contribution in [2.24, 2.45) is 5.73 Å². The fourth-order valence-corrected chi connectivity index (χ4v) is 2.84. The Balaban J connectivity index is 1.59. The molecule has 1 amide bonds. The van der Waals surface area contributed by atoms with Crippen molar-refractivity contribution in [3.8, 4) is 0 Å². The molecule has 20 heavy (non-hydrogen) atoms. The van der Waals surface area contributed by atoms with E-state index in [1.165, 1.54) is 11.1 Å². The van der Waals surface area contributed by atoms with Crippen LogP contribution in [0.4, 0.5) is 0 Å². The Morgan fingerprint density at radius 3 is 3.15 bits per heavy atom. The number of aromatic nitrogens is 2. The zero-order valence-electron chi connectivity index (χ0n) is 11.2. The Hall–Kier alpha value is -2.14. The Kier molecular flexibility index (Phi) is 3.52. The largest absolute Gasteiger partial charge is 0.363 e. The van der Waals surface area contributed by atoms with Gasteiger partial charge in [-0.3, -0.25) is 4.79 Å². The lowest BCUT2D eigenvalue weighted by Gasteiger charge is -2.14. The number of hydrogen-bond donors (Lipinski definition) is 2. The lowest BCUT2D eigenvalue weighted by Crippen LogP contribution is -2.26. The highest BCUT2D eigenvalue weighted by Crippen LogP contribution is 2.30. The molecule has 0 spiro atoms. The smallest absolute Gasteiger partial charge is 0.284 e. The molecule has 0 aliphatic heterocycles. The highest BCUT2D eigenvalue weighted by atomic mass is 16.1. The molecule has 1 aliphatic carbocycles. The molecule has 1 aromatic carbocycles. The molecule has 0 bridgehead atoms. The number of primary amides is 1. The van der Waals surface area contributed by atoms with Gasteiger partial charge in [-0.2, -0.15) is 0 Å². The van der Waals surface area contributed by atoms with E-state index >= 15 is 0 Å². The van der Waals surface area contributed by atoms with Gasteiger partial charge in [-0.1, -0.05) is 24.3 Å². The maximum absolute atomic E-state index is 11.2. The van der Waals surface area contributed by atoms with Crippen LogP contribution in [0, 0.1) is 0 Å². The first-order valence-electron chi connectivity index (χ1n) is 6.88. The third-order valence-electron chi connectivity index (χ3n) is 3.81. The van der Waals surface area contributed by atoms with Crippen molar-refractivity contribution in [3.63, 3.8) is 0 Å². The number of nitrogens with zero attached hydrogens (tertiary/aromatic N) is 2. The third kappa shape index (κ3) is 2.44. The minimum absolute atomic E-state index is 0.318. The second kappa shape index (κ2) is 5.46. The molecule has 3 N–H and O–H groups in total. The second-order valence-corrected chi connectivity index (χ2v) is 5.05. The van der Waals surface area contributed by atoms with E-state index in [1.54, 1.807) is 17.0 Å². The molecule has 1 unspecified atom stereocenters. The molecule has 0 radical (unpaired) electrons. The Morgan fingerprint density at radius 1 is 1.45 bits per heavy atom. The minimum Gasteiger partial charge on any atom is -0.363 e. The monoisotopic (exact) mass is 270 g/mol. The summed E-state index contributed by atoms with van der Waals surface area (Å²) < 4.78 is 1.79. The number of imidazole rings is 1. The summed E-state index contributed by atoms with van der Waals surface area (Å²) in [5.41, 5.74) is 8.11. The number of benzene rings is 1. The molecule has 104 valence electrons.